The number of halogens is 1. The van der Waals surface area contributed by atoms with Crippen LogP contribution in [0.15, 0.2) is 58.1 Å². The molecule has 0 unspecified atom stereocenters. The molecule has 0 aliphatic carbocycles. The minimum Gasteiger partial charge on any atom is -0.340 e. The molecule has 6 nitrogen and oxygen atoms in total. The number of rotatable bonds is 3. The molecule has 0 radical (unpaired) electrons. The average Bonchev–Trinajstić information content (AvgIpc) is 3.24. The monoisotopic (exact) mass is 445 g/mol. The number of hydrazone groups is 1. The maximum absolute atomic E-state index is 14.4. The second-order valence-electron chi connectivity index (χ2n) is 7.84. The van der Waals surface area contributed by atoms with Crippen LogP contribution in [0.2, 0.25) is 0 Å². The molecule has 8 heteroatoms. The van der Waals surface area contributed by atoms with Gasteiger partial charge in [-0.15, -0.1) is 0 Å². The van der Waals surface area contributed by atoms with E-state index in [4.69, 9.17) is 5.41 Å². The Kier molecular flexibility index (Phi) is 4.82. The van der Waals surface area contributed by atoms with Gasteiger partial charge in [-0.05, 0) is 56.8 Å². The van der Waals surface area contributed by atoms with Crippen LogP contribution in [0, 0.1) is 25.1 Å². The average molecular weight is 446 g/mol. The molecule has 0 fully saturated rings. The lowest BCUT2D eigenvalue weighted by molar-refractivity contribution is -0.114. The molecule has 2 aliphatic rings. The summed E-state index contributed by atoms with van der Waals surface area (Å²) in [6.45, 7) is 6.13. The lowest BCUT2D eigenvalue weighted by Gasteiger charge is -2.20. The molecule has 2 aromatic carbocycles. The van der Waals surface area contributed by atoms with E-state index in [1.54, 1.807) is 18.2 Å². The highest BCUT2D eigenvalue weighted by Gasteiger charge is 2.34. The van der Waals surface area contributed by atoms with Gasteiger partial charge in [-0.3, -0.25) is 10.2 Å². The third-order valence-electron chi connectivity index (χ3n) is 5.66. The largest absolute Gasteiger partial charge is 0.340 e. The van der Waals surface area contributed by atoms with Gasteiger partial charge in [0.2, 0.25) is 5.17 Å². The molecule has 0 saturated heterocycles. The fourth-order valence-corrected chi connectivity index (χ4v) is 4.77. The number of amides is 1. The molecule has 0 spiro atoms. The highest BCUT2D eigenvalue weighted by Crippen LogP contribution is 2.33. The Labute approximate surface area is 188 Å². The summed E-state index contributed by atoms with van der Waals surface area (Å²) in [6, 6.07) is 12.8. The van der Waals surface area contributed by atoms with E-state index in [2.05, 4.69) is 10.1 Å². The number of amidine groups is 2. The standard InChI is InChI=1S/C24H20FN5OS/c1-13-8-9-21-18(10-13)17(14(2)29(21)12-16-6-4-5-7-20(16)25)11-19-22(26)30-24(27-23(19)31)32-15(3)28-30/h4-11,26H,12H2,1-3H3. The number of carbonyl (C=O) groups is 1. The first-order chi connectivity index (χ1) is 15.3. The van der Waals surface area contributed by atoms with Crippen LogP contribution in [0.25, 0.3) is 17.0 Å². The van der Waals surface area contributed by atoms with E-state index in [-0.39, 0.29) is 17.2 Å². The van der Waals surface area contributed by atoms with Gasteiger partial charge in [-0.2, -0.15) is 15.1 Å². The van der Waals surface area contributed by atoms with Crippen molar-refractivity contribution in [1.82, 2.24) is 9.58 Å². The Hall–Kier alpha value is -3.52. The first-order valence-electron chi connectivity index (χ1n) is 10.1. The number of aromatic nitrogens is 1. The molecule has 1 aromatic heterocycles. The lowest BCUT2D eigenvalue weighted by atomic mass is 10.0. The minimum absolute atomic E-state index is 0.00593. The Morgan fingerprint density at radius 2 is 1.94 bits per heavy atom. The maximum atomic E-state index is 14.4. The Morgan fingerprint density at radius 1 is 1.16 bits per heavy atom. The van der Waals surface area contributed by atoms with E-state index in [1.165, 1.54) is 22.8 Å². The van der Waals surface area contributed by atoms with Gasteiger partial charge in [-0.25, -0.2) is 4.39 Å². The number of benzene rings is 2. The quantitative estimate of drug-likeness (QED) is 0.571. The van der Waals surface area contributed by atoms with Gasteiger partial charge in [0.05, 0.1) is 17.2 Å². The number of fused-ring (bicyclic) bond motifs is 2. The summed E-state index contributed by atoms with van der Waals surface area (Å²) < 4.78 is 16.4. The molecule has 1 amide bonds. The third kappa shape index (κ3) is 3.27. The van der Waals surface area contributed by atoms with E-state index >= 15 is 0 Å². The van der Waals surface area contributed by atoms with E-state index in [9.17, 15) is 9.18 Å². The molecule has 160 valence electrons. The minimum atomic E-state index is -0.458. The van der Waals surface area contributed by atoms with Gasteiger partial charge < -0.3 is 4.57 Å². The number of nitrogens with zero attached hydrogens (tertiary/aromatic N) is 4. The summed E-state index contributed by atoms with van der Waals surface area (Å²) in [7, 11) is 0. The SMILES string of the molecule is CC1=NN2C(=N)C(=Cc3c(C)n(Cc4ccccc4F)c4ccc(C)cc34)C(=O)N=C2S1. The number of aryl methyl sites for hydroxylation is 1. The van der Waals surface area contributed by atoms with Gasteiger partial charge in [0, 0.05) is 27.7 Å². The van der Waals surface area contributed by atoms with E-state index in [0.29, 0.717) is 17.3 Å². The van der Waals surface area contributed by atoms with Crippen LogP contribution in [0.4, 0.5) is 4.39 Å². The van der Waals surface area contributed by atoms with Crippen LogP contribution < -0.4 is 0 Å². The number of aliphatic imine (C=N–C) groups is 1. The molecule has 3 aromatic rings. The molecule has 3 heterocycles. The summed E-state index contributed by atoms with van der Waals surface area (Å²) in [5.41, 5.74) is 4.48. The zero-order valence-corrected chi connectivity index (χ0v) is 18.6. The zero-order chi connectivity index (χ0) is 22.6. The molecule has 1 N–H and O–H groups in total. The van der Waals surface area contributed by atoms with Crippen molar-refractivity contribution < 1.29 is 9.18 Å². The second-order valence-corrected chi connectivity index (χ2v) is 9.00. The molecule has 0 bridgehead atoms. The lowest BCUT2D eigenvalue weighted by Crippen LogP contribution is -2.35. The van der Waals surface area contributed by atoms with E-state index in [0.717, 1.165) is 32.8 Å². The molecule has 32 heavy (non-hydrogen) atoms. The normalized spacial score (nSPS) is 17.2. The molecule has 2 aliphatic heterocycles. The molecule has 0 atom stereocenters. The van der Waals surface area contributed by atoms with Crippen molar-refractivity contribution in [2.24, 2.45) is 10.1 Å². The van der Waals surface area contributed by atoms with Gasteiger partial charge >= 0.3 is 0 Å². The van der Waals surface area contributed by atoms with Crippen molar-refractivity contribution in [3.63, 3.8) is 0 Å². The van der Waals surface area contributed by atoms with Crippen molar-refractivity contribution in [3.8, 4) is 0 Å². The molecular weight excluding hydrogens is 425 g/mol. The van der Waals surface area contributed by atoms with Crippen molar-refractivity contribution in [2.75, 3.05) is 0 Å². The number of hydrogen-bond donors (Lipinski definition) is 1. The van der Waals surface area contributed by atoms with Gasteiger partial charge in [0.25, 0.3) is 5.91 Å². The highest BCUT2D eigenvalue weighted by molar-refractivity contribution is 8.26. The molecule has 0 saturated carbocycles. The zero-order valence-electron chi connectivity index (χ0n) is 17.8. The van der Waals surface area contributed by atoms with Crippen LogP contribution in [0.3, 0.4) is 0 Å². The Morgan fingerprint density at radius 3 is 2.72 bits per heavy atom. The number of hydrogen-bond acceptors (Lipinski definition) is 4. The summed E-state index contributed by atoms with van der Waals surface area (Å²) in [5.74, 6) is -0.709. The topological polar surface area (TPSA) is 73.8 Å². The van der Waals surface area contributed by atoms with Crippen LogP contribution in [0.5, 0.6) is 0 Å². The summed E-state index contributed by atoms with van der Waals surface area (Å²) in [6.07, 6.45) is 1.72. The summed E-state index contributed by atoms with van der Waals surface area (Å²) >= 11 is 1.28. The molecule has 5 rings (SSSR count). The fourth-order valence-electron chi connectivity index (χ4n) is 4.04. The third-order valence-corrected chi connectivity index (χ3v) is 6.48. The Bertz CT molecular complexity index is 1420. The van der Waals surface area contributed by atoms with Crippen molar-refractivity contribution in [2.45, 2.75) is 27.3 Å². The Balaban J connectivity index is 1.67. The summed E-state index contributed by atoms with van der Waals surface area (Å²) in [5, 5.41) is 16.3. The number of nitrogens with one attached hydrogen (secondary N) is 1. The summed E-state index contributed by atoms with van der Waals surface area (Å²) in [4.78, 5) is 16.9. The first kappa shape index (κ1) is 20.4. The van der Waals surface area contributed by atoms with E-state index < -0.39 is 5.91 Å². The fraction of sp³-hybridized carbons (Fsp3) is 0.167. The number of carbonyl (C=O) groups excluding carboxylic acids is 1. The van der Waals surface area contributed by atoms with Crippen molar-refractivity contribution >= 4 is 50.7 Å². The predicted octanol–water partition coefficient (Wildman–Crippen LogP) is 5.08. The van der Waals surface area contributed by atoms with Gasteiger partial charge in [0.1, 0.15) is 5.82 Å². The van der Waals surface area contributed by atoms with Crippen LogP contribution in [-0.2, 0) is 11.3 Å². The molecular formula is C24H20FN5OS. The number of thioether (sulfide) groups is 1. The maximum Gasteiger partial charge on any atom is 0.283 e. The smallest absolute Gasteiger partial charge is 0.283 e. The van der Waals surface area contributed by atoms with Gasteiger partial charge in [0.15, 0.2) is 5.84 Å². The van der Waals surface area contributed by atoms with Gasteiger partial charge in [-0.1, -0.05) is 29.8 Å². The van der Waals surface area contributed by atoms with E-state index in [1.807, 2.05) is 49.6 Å². The predicted molar refractivity (Wildman–Crippen MR) is 128 cm³/mol. The van der Waals surface area contributed by atoms with Crippen molar-refractivity contribution in [1.29, 1.82) is 5.41 Å². The highest BCUT2D eigenvalue weighted by atomic mass is 32.2. The second kappa shape index (κ2) is 7.56. The van der Waals surface area contributed by atoms with Crippen LogP contribution in [-0.4, -0.2) is 31.5 Å². The first-order valence-corrected chi connectivity index (χ1v) is 10.9. The van der Waals surface area contributed by atoms with Crippen LogP contribution in [0.1, 0.15) is 29.3 Å². The van der Waals surface area contributed by atoms with Crippen LogP contribution >= 0.6 is 11.8 Å². The van der Waals surface area contributed by atoms with Crippen molar-refractivity contribution in [3.05, 3.63) is 76.2 Å².